The molecule has 2 rings (SSSR count). The average molecular weight is 276 g/mol. The fourth-order valence-corrected chi connectivity index (χ4v) is 2.29. The van der Waals surface area contributed by atoms with E-state index in [0.29, 0.717) is 26.4 Å². The van der Waals surface area contributed by atoms with E-state index in [0.717, 1.165) is 17.4 Å². The molecule has 1 aromatic carbocycles. The fraction of sp³-hybridized carbons (Fsp3) is 0.182. The van der Waals surface area contributed by atoms with Crippen molar-refractivity contribution in [1.29, 1.82) is 0 Å². The Morgan fingerprint density at radius 3 is 2.50 bits per heavy atom. The third-order valence-corrected chi connectivity index (χ3v) is 3.53. The van der Waals surface area contributed by atoms with Crippen LogP contribution in [0.4, 0.5) is 5.82 Å². The molecule has 0 fully saturated rings. The van der Waals surface area contributed by atoms with E-state index in [1.807, 2.05) is 13.0 Å². The quantitative estimate of drug-likeness (QED) is 0.786. The molecule has 2 aromatic rings. The molecule has 0 aliphatic carbocycles. The number of anilines is 1. The molecule has 0 spiro atoms. The summed E-state index contributed by atoms with van der Waals surface area (Å²) in [6.45, 7) is 2.00. The predicted molar refractivity (Wildman–Crippen MR) is 70.6 cm³/mol. The van der Waals surface area contributed by atoms with E-state index in [9.17, 15) is 0 Å². The summed E-state index contributed by atoms with van der Waals surface area (Å²) >= 11 is 18.1. The third-order valence-electron chi connectivity index (χ3n) is 2.44. The standard InChI is InChI=1S/C11H9Cl3N2/c1-2-5-3-6-9(14)7(12)4-8(13)10(6)16-11(5)15/h3-4H,2H2,1H3,(H2,15,16). The lowest BCUT2D eigenvalue weighted by atomic mass is 10.1. The van der Waals surface area contributed by atoms with Crippen molar-refractivity contribution in [2.45, 2.75) is 13.3 Å². The molecule has 0 unspecified atom stereocenters. The molecule has 1 aromatic heterocycles. The van der Waals surface area contributed by atoms with Crippen LogP contribution in [0.15, 0.2) is 12.1 Å². The van der Waals surface area contributed by atoms with Crippen molar-refractivity contribution >= 4 is 51.5 Å². The van der Waals surface area contributed by atoms with Crippen molar-refractivity contribution in [2.75, 3.05) is 5.73 Å². The highest BCUT2D eigenvalue weighted by atomic mass is 35.5. The Balaban J connectivity index is 2.90. The summed E-state index contributed by atoms with van der Waals surface area (Å²) in [5, 5.41) is 2.08. The van der Waals surface area contributed by atoms with Crippen LogP contribution in [0.5, 0.6) is 0 Å². The van der Waals surface area contributed by atoms with E-state index in [2.05, 4.69) is 4.98 Å². The largest absolute Gasteiger partial charge is 0.383 e. The van der Waals surface area contributed by atoms with Crippen LogP contribution in [-0.4, -0.2) is 4.98 Å². The first-order valence-corrected chi connectivity index (χ1v) is 5.90. The smallest absolute Gasteiger partial charge is 0.127 e. The van der Waals surface area contributed by atoms with Gasteiger partial charge in [0.05, 0.1) is 20.6 Å². The summed E-state index contributed by atoms with van der Waals surface area (Å²) in [6.07, 6.45) is 0.787. The number of benzene rings is 1. The van der Waals surface area contributed by atoms with E-state index < -0.39 is 0 Å². The van der Waals surface area contributed by atoms with Crippen LogP contribution >= 0.6 is 34.8 Å². The van der Waals surface area contributed by atoms with Crippen LogP contribution < -0.4 is 5.73 Å². The third kappa shape index (κ3) is 1.81. The number of fused-ring (bicyclic) bond motifs is 1. The average Bonchev–Trinajstić information content (AvgIpc) is 2.25. The number of hydrogen-bond acceptors (Lipinski definition) is 2. The second-order valence-corrected chi connectivity index (χ2v) is 4.63. The summed E-state index contributed by atoms with van der Waals surface area (Å²) in [7, 11) is 0. The Hall–Kier alpha value is -0.700. The topological polar surface area (TPSA) is 38.9 Å². The minimum Gasteiger partial charge on any atom is -0.383 e. The molecule has 0 aliphatic heterocycles. The molecule has 2 nitrogen and oxygen atoms in total. The van der Waals surface area contributed by atoms with Gasteiger partial charge in [0.1, 0.15) is 5.82 Å². The lowest BCUT2D eigenvalue weighted by Gasteiger charge is -2.08. The Bertz CT molecular complexity index is 567. The normalized spacial score (nSPS) is 11.0. The lowest BCUT2D eigenvalue weighted by Crippen LogP contribution is -1.98. The maximum atomic E-state index is 6.11. The summed E-state index contributed by atoms with van der Waals surface area (Å²) < 4.78 is 0. The van der Waals surface area contributed by atoms with E-state index >= 15 is 0 Å². The first-order chi connectivity index (χ1) is 7.54. The van der Waals surface area contributed by atoms with Crippen LogP contribution in [0.25, 0.3) is 10.9 Å². The minimum absolute atomic E-state index is 0.424. The lowest BCUT2D eigenvalue weighted by molar-refractivity contribution is 1.13. The van der Waals surface area contributed by atoms with Gasteiger partial charge in [-0.25, -0.2) is 4.98 Å². The fourth-order valence-electron chi connectivity index (χ4n) is 1.57. The molecular formula is C11H9Cl3N2. The SMILES string of the molecule is CCc1cc2c(Cl)c(Cl)cc(Cl)c2nc1N. The molecule has 84 valence electrons. The highest BCUT2D eigenvalue weighted by molar-refractivity contribution is 6.47. The number of nitrogens with two attached hydrogens (primary N) is 1. The zero-order chi connectivity index (χ0) is 11.9. The van der Waals surface area contributed by atoms with Gasteiger partial charge in [0, 0.05) is 5.39 Å². The molecule has 2 N–H and O–H groups in total. The Labute approximate surface area is 108 Å². The Kier molecular flexibility index (Phi) is 3.15. The van der Waals surface area contributed by atoms with Gasteiger partial charge in [-0.1, -0.05) is 41.7 Å². The van der Waals surface area contributed by atoms with Crippen LogP contribution in [0, 0.1) is 0 Å². The molecule has 0 radical (unpaired) electrons. The maximum Gasteiger partial charge on any atom is 0.127 e. The minimum atomic E-state index is 0.424. The van der Waals surface area contributed by atoms with Crippen LogP contribution in [-0.2, 0) is 6.42 Å². The van der Waals surface area contributed by atoms with Crippen molar-refractivity contribution in [1.82, 2.24) is 4.98 Å². The zero-order valence-electron chi connectivity index (χ0n) is 8.52. The number of aryl methyl sites for hydroxylation is 1. The van der Waals surface area contributed by atoms with E-state index in [1.165, 1.54) is 0 Å². The van der Waals surface area contributed by atoms with Crippen molar-refractivity contribution < 1.29 is 0 Å². The molecular weight excluding hydrogens is 266 g/mol. The van der Waals surface area contributed by atoms with Gasteiger partial charge < -0.3 is 5.73 Å². The molecule has 0 aliphatic rings. The van der Waals surface area contributed by atoms with Crippen LogP contribution in [0.1, 0.15) is 12.5 Å². The number of nitrogen functional groups attached to an aromatic ring is 1. The second-order valence-electron chi connectivity index (χ2n) is 3.44. The zero-order valence-corrected chi connectivity index (χ0v) is 10.8. The van der Waals surface area contributed by atoms with Gasteiger partial charge >= 0.3 is 0 Å². The van der Waals surface area contributed by atoms with Gasteiger partial charge in [-0.15, -0.1) is 0 Å². The van der Waals surface area contributed by atoms with Gasteiger partial charge in [-0.3, -0.25) is 0 Å². The maximum absolute atomic E-state index is 6.11. The van der Waals surface area contributed by atoms with Gasteiger partial charge in [-0.2, -0.15) is 0 Å². The molecule has 0 saturated carbocycles. The number of hydrogen-bond donors (Lipinski definition) is 1. The summed E-state index contributed by atoms with van der Waals surface area (Å²) in [5.41, 5.74) is 7.33. The van der Waals surface area contributed by atoms with Gasteiger partial charge in [0.15, 0.2) is 0 Å². The number of rotatable bonds is 1. The van der Waals surface area contributed by atoms with E-state index in [4.69, 9.17) is 40.5 Å². The Morgan fingerprint density at radius 2 is 1.88 bits per heavy atom. The molecule has 0 saturated heterocycles. The first-order valence-electron chi connectivity index (χ1n) is 4.77. The predicted octanol–water partition coefficient (Wildman–Crippen LogP) is 4.34. The molecule has 1 heterocycles. The molecule has 5 heteroatoms. The number of aromatic nitrogens is 1. The summed E-state index contributed by atoms with van der Waals surface area (Å²) in [5.74, 6) is 0.482. The van der Waals surface area contributed by atoms with Crippen LogP contribution in [0.3, 0.4) is 0 Å². The number of halogens is 3. The first kappa shape index (κ1) is 11.8. The molecule has 0 amide bonds. The second kappa shape index (κ2) is 4.28. The molecule has 16 heavy (non-hydrogen) atoms. The monoisotopic (exact) mass is 274 g/mol. The van der Waals surface area contributed by atoms with Gasteiger partial charge in [-0.05, 0) is 24.1 Å². The van der Waals surface area contributed by atoms with Crippen molar-refractivity contribution in [3.63, 3.8) is 0 Å². The van der Waals surface area contributed by atoms with E-state index in [1.54, 1.807) is 6.07 Å². The van der Waals surface area contributed by atoms with E-state index in [-0.39, 0.29) is 0 Å². The van der Waals surface area contributed by atoms with Crippen molar-refractivity contribution in [2.24, 2.45) is 0 Å². The van der Waals surface area contributed by atoms with Crippen molar-refractivity contribution in [3.8, 4) is 0 Å². The number of nitrogens with zero attached hydrogens (tertiary/aromatic N) is 1. The highest BCUT2D eigenvalue weighted by Crippen LogP contribution is 2.36. The molecule has 0 bridgehead atoms. The molecule has 0 atom stereocenters. The van der Waals surface area contributed by atoms with Gasteiger partial charge in [0.2, 0.25) is 0 Å². The highest BCUT2D eigenvalue weighted by Gasteiger charge is 2.12. The van der Waals surface area contributed by atoms with Crippen LogP contribution in [0.2, 0.25) is 15.1 Å². The van der Waals surface area contributed by atoms with Gasteiger partial charge in [0.25, 0.3) is 0 Å². The number of pyridine rings is 1. The summed E-state index contributed by atoms with van der Waals surface area (Å²) in [4.78, 5) is 4.25. The van der Waals surface area contributed by atoms with Crippen molar-refractivity contribution in [3.05, 3.63) is 32.8 Å². The summed E-state index contributed by atoms with van der Waals surface area (Å²) in [6, 6.07) is 3.46. The Morgan fingerprint density at radius 1 is 1.19 bits per heavy atom.